The number of amides is 2. The van der Waals surface area contributed by atoms with Gasteiger partial charge in [-0.15, -0.1) is 0 Å². The third-order valence-electron chi connectivity index (χ3n) is 3.99. The van der Waals surface area contributed by atoms with E-state index in [1.54, 1.807) is 4.90 Å². The fourth-order valence-corrected chi connectivity index (χ4v) is 3.13. The number of hydrogen-bond acceptors (Lipinski definition) is 2. The summed E-state index contributed by atoms with van der Waals surface area (Å²) in [5.41, 5.74) is 2.31. The van der Waals surface area contributed by atoms with Crippen molar-refractivity contribution in [1.82, 2.24) is 0 Å². The van der Waals surface area contributed by atoms with Gasteiger partial charge in [-0.1, -0.05) is 29.8 Å². The number of rotatable bonds is 3. The summed E-state index contributed by atoms with van der Waals surface area (Å²) in [5.74, 6) is -1.29. The Balaban J connectivity index is 1.68. The molecule has 2 amide bonds. The highest BCUT2D eigenvalue weighted by Crippen LogP contribution is 2.32. The fraction of sp³-hybridized carbons (Fsp3) is 0.222. The number of benzene rings is 2. The first-order chi connectivity index (χ1) is 11.5. The highest BCUT2D eigenvalue weighted by Gasteiger charge is 2.31. The molecule has 1 N–H and O–H groups in total. The number of hydrogen-bond donors (Lipinski definition) is 1. The van der Waals surface area contributed by atoms with Gasteiger partial charge in [0.15, 0.2) is 0 Å². The molecule has 0 fully saturated rings. The zero-order chi connectivity index (χ0) is 17.3. The van der Waals surface area contributed by atoms with Crippen LogP contribution < -0.4 is 10.2 Å². The quantitative estimate of drug-likeness (QED) is 0.860. The summed E-state index contributed by atoms with van der Waals surface area (Å²) in [6, 6.07) is 11.6. The molecule has 4 nitrogen and oxygen atoms in total. The van der Waals surface area contributed by atoms with Gasteiger partial charge in [-0.05, 0) is 43.2 Å². The number of carbonyl (C=O) groups is 2. The third kappa shape index (κ3) is 3.26. The number of para-hydroxylation sites is 1. The van der Waals surface area contributed by atoms with Crippen molar-refractivity contribution < 1.29 is 14.0 Å². The van der Waals surface area contributed by atoms with Gasteiger partial charge in [0.1, 0.15) is 12.2 Å². The Morgan fingerprint density at radius 1 is 1.29 bits per heavy atom. The van der Waals surface area contributed by atoms with Gasteiger partial charge in [0.05, 0.1) is 5.02 Å². The maximum absolute atomic E-state index is 13.1. The van der Waals surface area contributed by atoms with E-state index < -0.39 is 11.7 Å². The Morgan fingerprint density at radius 2 is 2.04 bits per heavy atom. The summed E-state index contributed by atoms with van der Waals surface area (Å²) in [6.07, 6.45) is 0.491. The second-order valence-corrected chi connectivity index (χ2v) is 6.21. The lowest BCUT2D eigenvalue weighted by Crippen LogP contribution is -2.37. The molecule has 124 valence electrons. The third-order valence-corrected chi connectivity index (χ3v) is 4.28. The smallest absolute Gasteiger partial charge is 0.236 e. The van der Waals surface area contributed by atoms with Crippen molar-refractivity contribution in [3.63, 3.8) is 0 Å². The summed E-state index contributed by atoms with van der Waals surface area (Å²) >= 11 is 5.68. The Bertz CT molecular complexity index is 809. The summed E-state index contributed by atoms with van der Waals surface area (Å²) in [4.78, 5) is 26.3. The van der Waals surface area contributed by atoms with Crippen LogP contribution in [-0.4, -0.2) is 17.9 Å². The van der Waals surface area contributed by atoms with E-state index in [1.165, 1.54) is 18.2 Å². The Morgan fingerprint density at radius 3 is 2.79 bits per heavy atom. The molecule has 0 bridgehead atoms. The Kier molecular flexibility index (Phi) is 4.53. The highest BCUT2D eigenvalue weighted by molar-refractivity contribution is 6.31. The molecule has 2 aromatic rings. The molecule has 0 aliphatic carbocycles. The van der Waals surface area contributed by atoms with E-state index >= 15 is 0 Å². The van der Waals surface area contributed by atoms with Crippen LogP contribution in [0.25, 0.3) is 0 Å². The molecule has 24 heavy (non-hydrogen) atoms. The minimum absolute atomic E-state index is 0.0166. The number of fused-ring (bicyclic) bond motifs is 1. The van der Waals surface area contributed by atoms with Gasteiger partial charge in [-0.3, -0.25) is 9.59 Å². The van der Waals surface area contributed by atoms with E-state index in [9.17, 15) is 14.0 Å². The lowest BCUT2D eigenvalue weighted by molar-refractivity contribution is -0.125. The molecule has 0 saturated carbocycles. The standard InChI is InChI=1S/C18H16ClFN2O2/c1-11-8-12-4-2-3-5-16(12)22(11)18(24)10-17(23)21-13-6-7-15(20)14(19)9-13/h2-7,9,11H,8,10H2,1H3,(H,21,23). The zero-order valence-corrected chi connectivity index (χ0v) is 13.8. The lowest BCUT2D eigenvalue weighted by Gasteiger charge is -2.22. The average molecular weight is 347 g/mol. The van der Waals surface area contributed by atoms with Crippen LogP contribution in [0.2, 0.25) is 5.02 Å². The topological polar surface area (TPSA) is 49.4 Å². The second-order valence-electron chi connectivity index (χ2n) is 5.80. The molecule has 6 heteroatoms. The molecule has 0 spiro atoms. The molecular formula is C18H16ClFN2O2. The van der Waals surface area contributed by atoms with Gasteiger partial charge >= 0.3 is 0 Å². The summed E-state index contributed by atoms with van der Waals surface area (Å²) in [6.45, 7) is 1.95. The Hall–Kier alpha value is -2.40. The van der Waals surface area contributed by atoms with Crippen LogP contribution >= 0.6 is 11.6 Å². The van der Waals surface area contributed by atoms with Crippen molar-refractivity contribution in [2.24, 2.45) is 0 Å². The molecule has 1 atom stereocenters. The lowest BCUT2D eigenvalue weighted by atomic mass is 10.1. The molecule has 0 aromatic heterocycles. The van der Waals surface area contributed by atoms with E-state index in [0.717, 1.165) is 17.7 Å². The predicted molar refractivity (Wildman–Crippen MR) is 91.8 cm³/mol. The van der Waals surface area contributed by atoms with Crippen molar-refractivity contribution in [2.45, 2.75) is 25.8 Å². The summed E-state index contributed by atoms with van der Waals surface area (Å²) < 4.78 is 13.1. The zero-order valence-electron chi connectivity index (χ0n) is 13.1. The summed E-state index contributed by atoms with van der Waals surface area (Å²) in [7, 11) is 0. The monoisotopic (exact) mass is 346 g/mol. The van der Waals surface area contributed by atoms with Gasteiger partial charge in [-0.2, -0.15) is 0 Å². The number of nitrogens with one attached hydrogen (secondary N) is 1. The second kappa shape index (κ2) is 6.61. The van der Waals surface area contributed by atoms with Crippen molar-refractivity contribution in [1.29, 1.82) is 0 Å². The highest BCUT2D eigenvalue weighted by atomic mass is 35.5. The number of halogens is 2. The first-order valence-electron chi connectivity index (χ1n) is 7.60. The predicted octanol–water partition coefficient (Wildman–Crippen LogP) is 3.79. The molecule has 0 saturated heterocycles. The van der Waals surface area contributed by atoms with Crippen LogP contribution in [0.15, 0.2) is 42.5 Å². The van der Waals surface area contributed by atoms with E-state index in [0.29, 0.717) is 5.69 Å². The van der Waals surface area contributed by atoms with Gasteiger partial charge in [0.2, 0.25) is 11.8 Å². The average Bonchev–Trinajstić information content (AvgIpc) is 2.86. The fourth-order valence-electron chi connectivity index (χ4n) is 2.95. The summed E-state index contributed by atoms with van der Waals surface area (Å²) in [5, 5.41) is 2.48. The molecular weight excluding hydrogens is 331 g/mol. The normalized spacial score (nSPS) is 16.0. The Labute approximate surface area is 144 Å². The van der Waals surface area contributed by atoms with Crippen LogP contribution in [0.5, 0.6) is 0 Å². The van der Waals surface area contributed by atoms with Gasteiger partial charge in [0.25, 0.3) is 0 Å². The van der Waals surface area contributed by atoms with Crippen molar-refractivity contribution in [2.75, 3.05) is 10.2 Å². The number of nitrogens with zero attached hydrogens (tertiary/aromatic N) is 1. The minimum Gasteiger partial charge on any atom is -0.326 e. The van der Waals surface area contributed by atoms with Crippen molar-refractivity contribution in [3.8, 4) is 0 Å². The van der Waals surface area contributed by atoms with Crippen LogP contribution in [0.3, 0.4) is 0 Å². The number of carbonyl (C=O) groups excluding carboxylic acids is 2. The largest absolute Gasteiger partial charge is 0.326 e. The molecule has 2 aromatic carbocycles. The molecule has 0 radical (unpaired) electrons. The number of anilines is 2. The molecule has 1 aliphatic rings. The van der Waals surface area contributed by atoms with E-state index in [4.69, 9.17) is 11.6 Å². The van der Waals surface area contributed by atoms with Gasteiger partial charge < -0.3 is 10.2 Å². The molecule has 1 heterocycles. The van der Waals surface area contributed by atoms with E-state index in [2.05, 4.69) is 5.32 Å². The van der Waals surface area contributed by atoms with Gasteiger partial charge in [-0.25, -0.2) is 4.39 Å². The van der Waals surface area contributed by atoms with E-state index in [-0.39, 0.29) is 23.4 Å². The van der Waals surface area contributed by atoms with Crippen LogP contribution in [-0.2, 0) is 16.0 Å². The molecule has 1 aliphatic heterocycles. The minimum atomic E-state index is -0.562. The van der Waals surface area contributed by atoms with Crippen LogP contribution in [0.4, 0.5) is 15.8 Å². The first-order valence-corrected chi connectivity index (χ1v) is 7.98. The maximum Gasteiger partial charge on any atom is 0.236 e. The van der Waals surface area contributed by atoms with Crippen LogP contribution in [0, 0.1) is 5.82 Å². The van der Waals surface area contributed by atoms with Crippen molar-refractivity contribution >= 4 is 34.8 Å². The SMILES string of the molecule is CC1Cc2ccccc2N1C(=O)CC(=O)Nc1ccc(F)c(Cl)c1. The molecule has 1 unspecified atom stereocenters. The molecule has 3 rings (SSSR count). The maximum atomic E-state index is 13.1. The van der Waals surface area contributed by atoms with E-state index in [1.807, 2.05) is 31.2 Å². The van der Waals surface area contributed by atoms with Crippen molar-refractivity contribution in [3.05, 3.63) is 58.9 Å². The van der Waals surface area contributed by atoms with Crippen LogP contribution in [0.1, 0.15) is 18.9 Å². The first kappa shape index (κ1) is 16.5. The van der Waals surface area contributed by atoms with Gasteiger partial charge in [0, 0.05) is 17.4 Å².